The van der Waals surface area contributed by atoms with Crippen molar-refractivity contribution < 1.29 is 14.4 Å². The molecule has 0 saturated heterocycles. The highest BCUT2D eigenvalue weighted by Crippen LogP contribution is 2.24. The van der Waals surface area contributed by atoms with Crippen LogP contribution in [-0.2, 0) is 0 Å². The fourth-order valence-corrected chi connectivity index (χ4v) is 1.53. The van der Waals surface area contributed by atoms with Gasteiger partial charge in [0.2, 0.25) is 5.95 Å². The molecule has 0 unspecified atom stereocenters. The Hall–Kier alpha value is -2.90. The van der Waals surface area contributed by atoms with E-state index in [1.807, 2.05) is 30.3 Å². The van der Waals surface area contributed by atoms with Crippen molar-refractivity contribution in [1.29, 1.82) is 0 Å². The Balaban J connectivity index is 1.94. The van der Waals surface area contributed by atoms with E-state index in [-0.39, 0.29) is 30.7 Å². The first kappa shape index (κ1) is 14.5. The third-order valence-corrected chi connectivity index (χ3v) is 2.49. The van der Waals surface area contributed by atoms with Crippen molar-refractivity contribution in [3.63, 3.8) is 0 Å². The van der Waals surface area contributed by atoms with Gasteiger partial charge in [0.25, 0.3) is 5.88 Å². The van der Waals surface area contributed by atoms with Gasteiger partial charge in [0.15, 0.2) is 0 Å². The fraction of sp³-hybridized carbons (Fsp3) is 0.231. The predicted octanol–water partition coefficient (Wildman–Crippen LogP) is 1.88. The van der Waals surface area contributed by atoms with Gasteiger partial charge in [0.1, 0.15) is 25.2 Å². The van der Waals surface area contributed by atoms with Crippen LogP contribution in [0.1, 0.15) is 0 Å². The maximum atomic E-state index is 10.9. The Kier molecular flexibility index (Phi) is 4.86. The number of nitrogens with one attached hydrogen (secondary N) is 1. The van der Waals surface area contributed by atoms with Gasteiger partial charge in [-0.05, 0) is 12.1 Å². The van der Waals surface area contributed by atoms with Crippen LogP contribution in [0.15, 0.2) is 36.5 Å². The molecule has 1 heterocycles. The summed E-state index contributed by atoms with van der Waals surface area (Å²) < 4.78 is 10.7. The van der Waals surface area contributed by atoms with Crippen LogP contribution in [0.25, 0.3) is 0 Å². The van der Waals surface area contributed by atoms with Crippen molar-refractivity contribution in [3.05, 3.63) is 46.6 Å². The second-order valence-corrected chi connectivity index (χ2v) is 3.90. The number of ether oxygens (including phenoxy) is 2. The molecular weight excluding hydrogens is 276 g/mol. The summed E-state index contributed by atoms with van der Waals surface area (Å²) in [6, 6.07) is 9.21. The summed E-state index contributed by atoms with van der Waals surface area (Å²) in [5, 5.41) is 13.6. The molecule has 0 atom stereocenters. The molecule has 0 saturated carbocycles. The third kappa shape index (κ3) is 4.03. The maximum Gasteiger partial charge on any atom is 0.349 e. The number of rotatable bonds is 7. The second-order valence-electron chi connectivity index (χ2n) is 3.90. The lowest BCUT2D eigenvalue weighted by molar-refractivity contribution is -0.386. The van der Waals surface area contributed by atoms with Crippen LogP contribution in [0.5, 0.6) is 11.6 Å². The van der Waals surface area contributed by atoms with E-state index in [0.29, 0.717) is 5.75 Å². The largest absolute Gasteiger partial charge is 0.490 e. The van der Waals surface area contributed by atoms with Crippen molar-refractivity contribution >= 4 is 11.6 Å². The Morgan fingerprint density at radius 2 is 1.95 bits per heavy atom. The van der Waals surface area contributed by atoms with Crippen LogP contribution in [0, 0.1) is 10.1 Å². The summed E-state index contributed by atoms with van der Waals surface area (Å²) >= 11 is 0. The number of hydrogen-bond donors (Lipinski definition) is 1. The van der Waals surface area contributed by atoms with Crippen LogP contribution in [0.3, 0.4) is 0 Å². The van der Waals surface area contributed by atoms with Gasteiger partial charge >= 0.3 is 5.69 Å². The lowest BCUT2D eigenvalue weighted by Gasteiger charge is -2.08. The van der Waals surface area contributed by atoms with Crippen molar-refractivity contribution in [2.45, 2.75) is 0 Å². The zero-order chi connectivity index (χ0) is 15.1. The van der Waals surface area contributed by atoms with Gasteiger partial charge in [-0.1, -0.05) is 18.2 Å². The van der Waals surface area contributed by atoms with Gasteiger partial charge in [-0.3, -0.25) is 10.1 Å². The van der Waals surface area contributed by atoms with Gasteiger partial charge in [0, 0.05) is 7.05 Å². The molecule has 21 heavy (non-hydrogen) atoms. The first-order chi connectivity index (χ1) is 10.2. The van der Waals surface area contributed by atoms with E-state index in [9.17, 15) is 10.1 Å². The van der Waals surface area contributed by atoms with Crippen molar-refractivity contribution in [2.24, 2.45) is 0 Å². The van der Waals surface area contributed by atoms with Crippen LogP contribution in [0.4, 0.5) is 11.6 Å². The standard InChI is InChI=1S/C13H14N4O4/c1-14-13-15-9-11(17(18)19)12(16-13)21-8-7-20-10-5-3-2-4-6-10/h2-6,9H,7-8H2,1H3,(H,14,15,16). The molecule has 0 spiro atoms. The molecule has 1 aromatic carbocycles. The third-order valence-electron chi connectivity index (χ3n) is 2.49. The molecule has 2 aromatic rings. The van der Waals surface area contributed by atoms with Gasteiger partial charge in [-0.25, -0.2) is 4.98 Å². The lowest BCUT2D eigenvalue weighted by Crippen LogP contribution is -2.11. The van der Waals surface area contributed by atoms with Gasteiger partial charge < -0.3 is 14.8 Å². The summed E-state index contributed by atoms with van der Waals surface area (Å²) in [6.07, 6.45) is 1.10. The molecular formula is C13H14N4O4. The molecule has 0 fully saturated rings. The zero-order valence-electron chi connectivity index (χ0n) is 11.4. The van der Waals surface area contributed by atoms with E-state index in [2.05, 4.69) is 15.3 Å². The molecule has 1 N–H and O–H groups in total. The van der Waals surface area contributed by atoms with Crippen molar-refractivity contribution in [3.8, 4) is 11.6 Å². The number of para-hydroxylation sites is 1. The minimum Gasteiger partial charge on any atom is -0.490 e. The Labute approximate surface area is 120 Å². The summed E-state index contributed by atoms with van der Waals surface area (Å²) in [6.45, 7) is 0.385. The smallest absolute Gasteiger partial charge is 0.349 e. The number of nitrogens with zero attached hydrogens (tertiary/aromatic N) is 3. The Morgan fingerprint density at radius 3 is 2.62 bits per heavy atom. The molecule has 2 rings (SSSR count). The monoisotopic (exact) mass is 290 g/mol. The molecule has 0 bridgehead atoms. The van der Waals surface area contributed by atoms with E-state index in [1.54, 1.807) is 7.05 Å². The molecule has 1 aromatic heterocycles. The molecule has 8 nitrogen and oxygen atoms in total. The second kappa shape index (κ2) is 7.04. The van der Waals surface area contributed by atoms with E-state index >= 15 is 0 Å². The summed E-state index contributed by atoms with van der Waals surface area (Å²) in [5.74, 6) is 0.866. The van der Waals surface area contributed by atoms with Gasteiger partial charge in [-0.15, -0.1) is 0 Å². The molecule has 0 amide bonds. The topological polar surface area (TPSA) is 99.4 Å². The minimum atomic E-state index is -0.590. The lowest BCUT2D eigenvalue weighted by atomic mass is 10.3. The summed E-state index contributed by atoms with van der Waals surface area (Å²) in [5.41, 5.74) is -0.284. The average Bonchev–Trinajstić information content (AvgIpc) is 2.52. The van der Waals surface area contributed by atoms with Crippen LogP contribution < -0.4 is 14.8 Å². The van der Waals surface area contributed by atoms with E-state index < -0.39 is 4.92 Å². The number of anilines is 1. The summed E-state index contributed by atoms with van der Waals surface area (Å²) in [4.78, 5) is 18.0. The predicted molar refractivity (Wildman–Crippen MR) is 75.7 cm³/mol. The minimum absolute atomic E-state index is 0.0870. The molecule has 110 valence electrons. The fourth-order valence-electron chi connectivity index (χ4n) is 1.53. The first-order valence-electron chi connectivity index (χ1n) is 6.20. The Bertz CT molecular complexity index is 606. The highest BCUT2D eigenvalue weighted by atomic mass is 16.6. The number of aromatic nitrogens is 2. The number of benzene rings is 1. The quantitative estimate of drug-likeness (QED) is 0.472. The molecule has 0 aliphatic carbocycles. The van der Waals surface area contributed by atoms with Gasteiger partial charge in [0.05, 0.1) is 4.92 Å². The molecule has 0 aliphatic rings. The van der Waals surface area contributed by atoms with E-state index in [0.717, 1.165) is 6.20 Å². The first-order valence-corrected chi connectivity index (χ1v) is 6.20. The molecule has 8 heteroatoms. The normalized spacial score (nSPS) is 9.95. The van der Waals surface area contributed by atoms with E-state index in [4.69, 9.17) is 9.47 Å². The van der Waals surface area contributed by atoms with E-state index in [1.165, 1.54) is 0 Å². The molecule has 0 aliphatic heterocycles. The van der Waals surface area contributed by atoms with Gasteiger partial charge in [-0.2, -0.15) is 4.98 Å². The van der Waals surface area contributed by atoms with Crippen LogP contribution in [0.2, 0.25) is 0 Å². The van der Waals surface area contributed by atoms with Crippen molar-refractivity contribution in [2.75, 3.05) is 25.6 Å². The van der Waals surface area contributed by atoms with Crippen molar-refractivity contribution in [1.82, 2.24) is 9.97 Å². The number of nitro groups is 1. The van der Waals surface area contributed by atoms with Crippen LogP contribution >= 0.6 is 0 Å². The highest BCUT2D eigenvalue weighted by Gasteiger charge is 2.18. The maximum absolute atomic E-state index is 10.9. The Morgan fingerprint density at radius 1 is 1.24 bits per heavy atom. The average molecular weight is 290 g/mol. The zero-order valence-corrected chi connectivity index (χ0v) is 11.4. The molecule has 0 radical (unpaired) electrons. The summed E-state index contributed by atoms with van der Waals surface area (Å²) in [7, 11) is 1.61. The van der Waals surface area contributed by atoms with Crippen LogP contribution in [-0.4, -0.2) is 35.2 Å². The highest BCUT2D eigenvalue weighted by molar-refractivity contribution is 5.42. The number of hydrogen-bond acceptors (Lipinski definition) is 7. The SMILES string of the molecule is CNc1ncc([N+](=O)[O-])c(OCCOc2ccccc2)n1.